The van der Waals surface area contributed by atoms with E-state index in [1.54, 1.807) is 9.95 Å². The van der Waals surface area contributed by atoms with Crippen molar-refractivity contribution in [2.45, 2.75) is 46.1 Å². The first-order valence-electron chi connectivity index (χ1n) is 10.9. The van der Waals surface area contributed by atoms with Gasteiger partial charge in [0.05, 0.1) is 5.56 Å². The van der Waals surface area contributed by atoms with Crippen molar-refractivity contribution in [3.8, 4) is 10.4 Å². The highest BCUT2D eigenvalue weighted by molar-refractivity contribution is 7.20. The monoisotopic (exact) mass is 469 g/mol. The quantitative estimate of drug-likeness (QED) is 0.558. The maximum Gasteiger partial charge on any atom is 0.307 e. The van der Waals surface area contributed by atoms with Crippen LogP contribution < -0.4 is 10.2 Å². The van der Waals surface area contributed by atoms with Crippen LogP contribution in [0.4, 0.5) is 5.00 Å². The molecule has 1 aliphatic rings. The van der Waals surface area contributed by atoms with Gasteiger partial charge in [-0.25, -0.2) is 0 Å². The zero-order valence-electron chi connectivity index (χ0n) is 18.3. The van der Waals surface area contributed by atoms with E-state index in [2.05, 4.69) is 5.32 Å². The molecule has 0 saturated carbocycles. The summed E-state index contributed by atoms with van der Waals surface area (Å²) in [6, 6.07) is 9.94. The SMILES string of the molecule is Cc1c(-c2ccccc2)sc(NC(=O)CCn2c(C)csc2=O)c1C(=O)N1CCCCC1. The number of thiazole rings is 1. The fourth-order valence-corrected chi connectivity index (χ4v) is 6.04. The summed E-state index contributed by atoms with van der Waals surface area (Å²) in [5, 5.41) is 5.37. The molecule has 2 aromatic heterocycles. The predicted molar refractivity (Wildman–Crippen MR) is 131 cm³/mol. The molecule has 2 amide bonds. The van der Waals surface area contributed by atoms with E-state index in [9.17, 15) is 14.4 Å². The summed E-state index contributed by atoms with van der Waals surface area (Å²) in [7, 11) is 0. The average Bonchev–Trinajstić information content (AvgIpc) is 3.31. The topological polar surface area (TPSA) is 71.4 Å². The van der Waals surface area contributed by atoms with Crippen LogP contribution in [-0.4, -0.2) is 34.4 Å². The van der Waals surface area contributed by atoms with Gasteiger partial charge >= 0.3 is 4.87 Å². The largest absolute Gasteiger partial charge is 0.339 e. The fraction of sp³-hybridized carbons (Fsp3) is 0.375. The normalized spacial score (nSPS) is 13.9. The third-order valence-electron chi connectivity index (χ3n) is 5.83. The van der Waals surface area contributed by atoms with Crippen LogP contribution in [0.25, 0.3) is 10.4 Å². The second kappa shape index (κ2) is 9.83. The second-order valence-corrected chi connectivity index (χ2v) is 9.91. The molecular formula is C24H27N3O3S2. The Kier molecular flexibility index (Phi) is 6.91. The Hall–Kier alpha value is -2.71. The van der Waals surface area contributed by atoms with Gasteiger partial charge in [0, 0.05) is 42.0 Å². The van der Waals surface area contributed by atoms with E-state index in [-0.39, 0.29) is 23.1 Å². The molecule has 1 saturated heterocycles. The minimum absolute atomic E-state index is 0.0131. The lowest BCUT2D eigenvalue weighted by Crippen LogP contribution is -2.36. The van der Waals surface area contributed by atoms with Crippen LogP contribution in [0.5, 0.6) is 0 Å². The van der Waals surface area contributed by atoms with E-state index in [1.807, 2.05) is 49.1 Å². The summed E-state index contributed by atoms with van der Waals surface area (Å²) in [6.07, 6.45) is 3.34. The summed E-state index contributed by atoms with van der Waals surface area (Å²) in [4.78, 5) is 41.0. The Morgan fingerprint density at radius 1 is 1.06 bits per heavy atom. The van der Waals surface area contributed by atoms with Crippen LogP contribution in [0, 0.1) is 13.8 Å². The van der Waals surface area contributed by atoms with Crippen LogP contribution >= 0.6 is 22.7 Å². The molecule has 3 heterocycles. The first kappa shape index (κ1) is 22.5. The molecule has 32 heavy (non-hydrogen) atoms. The molecule has 1 aliphatic heterocycles. The van der Waals surface area contributed by atoms with Gasteiger partial charge in [-0.2, -0.15) is 0 Å². The van der Waals surface area contributed by atoms with Crippen LogP contribution in [0.3, 0.4) is 0 Å². The lowest BCUT2D eigenvalue weighted by atomic mass is 10.0. The van der Waals surface area contributed by atoms with Crippen molar-refractivity contribution < 1.29 is 9.59 Å². The van der Waals surface area contributed by atoms with E-state index in [4.69, 9.17) is 0 Å². The summed E-state index contributed by atoms with van der Waals surface area (Å²) >= 11 is 2.58. The van der Waals surface area contributed by atoms with Crippen LogP contribution in [0.2, 0.25) is 0 Å². The number of piperidine rings is 1. The smallest absolute Gasteiger partial charge is 0.307 e. The van der Waals surface area contributed by atoms with E-state index in [0.29, 0.717) is 17.1 Å². The van der Waals surface area contributed by atoms with Gasteiger partial charge in [0.2, 0.25) is 5.91 Å². The van der Waals surface area contributed by atoms with Gasteiger partial charge in [-0.05, 0) is 44.2 Å². The Bertz CT molecular complexity index is 1170. The molecule has 0 spiro atoms. The molecule has 1 fully saturated rings. The maximum atomic E-state index is 13.4. The highest BCUT2D eigenvalue weighted by Crippen LogP contribution is 2.40. The summed E-state index contributed by atoms with van der Waals surface area (Å²) in [5.41, 5.74) is 3.38. The first-order chi connectivity index (χ1) is 15.5. The molecule has 0 atom stereocenters. The number of nitrogens with zero attached hydrogens (tertiary/aromatic N) is 2. The molecule has 0 radical (unpaired) electrons. The fourth-order valence-electron chi connectivity index (χ4n) is 4.06. The number of anilines is 1. The van der Waals surface area contributed by atoms with Crippen molar-refractivity contribution in [3.05, 3.63) is 62.2 Å². The molecule has 168 valence electrons. The number of nitrogens with one attached hydrogen (secondary N) is 1. The van der Waals surface area contributed by atoms with E-state index >= 15 is 0 Å². The lowest BCUT2D eigenvalue weighted by molar-refractivity contribution is -0.116. The number of aromatic nitrogens is 1. The number of rotatable bonds is 6. The van der Waals surface area contributed by atoms with Gasteiger partial charge in [0.25, 0.3) is 5.91 Å². The zero-order chi connectivity index (χ0) is 22.7. The Balaban J connectivity index is 1.61. The molecule has 8 heteroatoms. The number of likely N-dealkylation sites (tertiary alicyclic amines) is 1. The number of carbonyl (C=O) groups is 2. The first-order valence-corrected chi connectivity index (χ1v) is 12.6. The second-order valence-electron chi connectivity index (χ2n) is 8.07. The lowest BCUT2D eigenvalue weighted by Gasteiger charge is -2.27. The van der Waals surface area contributed by atoms with Crippen molar-refractivity contribution in [1.29, 1.82) is 0 Å². The molecule has 0 unspecified atom stereocenters. The zero-order valence-corrected chi connectivity index (χ0v) is 20.0. The van der Waals surface area contributed by atoms with Crippen molar-refractivity contribution >= 4 is 39.5 Å². The number of carbonyl (C=O) groups excluding carboxylic acids is 2. The van der Waals surface area contributed by atoms with Crippen molar-refractivity contribution in [1.82, 2.24) is 9.47 Å². The molecule has 4 rings (SSSR count). The van der Waals surface area contributed by atoms with Gasteiger partial charge in [0.1, 0.15) is 5.00 Å². The number of amides is 2. The molecule has 1 aromatic carbocycles. The van der Waals surface area contributed by atoms with Gasteiger partial charge in [-0.15, -0.1) is 11.3 Å². The highest BCUT2D eigenvalue weighted by atomic mass is 32.1. The van der Waals surface area contributed by atoms with Crippen LogP contribution in [0.1, 0.15) is 47.3 Å². The number of hydrogen-bond acceptors (Lipinski definition) is 5. The molecular weight excluding hydrogens is 442 g/mol. The van der Waals surface area contributed by atoms with Crippen LogP contribution in [0.15, 0.2) is 40.5 Å². The van der Waals surface area contributed by atoms with Gasteiger partial charge in [0.15, 0.2) is 0 Å². The minimum atomic E-state index is -0.198. The molecule has 0 aliphatic carbocycles. The molecule has 1 N–H and O–H groups in total. The third kappa shape index (κ3) is 4.71. The standard InChI is InChI=1S/C24H27N3O3S2/c1-16-15-31-24(30)27(16)14-11-19(28)25-22-20(23(29)26-12-7-4-8-13-26)17(2)21(32-22)18-9-5-3-6-10-18/h3,5-6,9-10,15H,4,7-8,11-14H2,1-2H3,(H,25,28). The van der Waals surface area contributed by atoms with Crippen LogP contribution in [-0.2, 0) is 11.3 Å². The van der Waals surface area contributed by atoms with E-state index < -0.39 is 0 Å². The summed E-state index contributed by atoms with van der Waals surface area (Å²) < 4.78 is 1.61. The molecule has 3 aromatic rings. The summed E-state index contributed by atoms with van der Waals surface area (Å²) in [5.74, 6) is -0.211. The average molecular weight is 470 g/mol. The van der Waals surface area contributed by atoms with E-state index in [0.717, 1.165) is 65.4 Å². The Labute approximate surface area is 195 Å². The Morgan fingerprint density at radius 3 is 2.44 bits per heavy atom. The number of thiophene rings is 1. The molecule has 6 nitrogen and oxygen atoms in total. The van der Waals surface area contributed by atoms with Crippen molar-refractivity contribution in [2.75, 3.05) is 18.4 Å². The third-order valence-corrected chi connectivity index (χ3v) is 7.97. The van der Waals surface area contributed by atoms with E-state index in [1.165, 1.54) is 11.3 Å². The minimum Gasteiger partial charge on any atom is -0.339 e. The maximum absolute atomic E-state index is 13.4. The highest BCUT2D eigenvalue weighted by Gasteiger charge is 2.27. The van der Waals surface area contributed by atoms with Gasteiger partial charge in [-0.3, -0.25) is 14.4 Å². The number of hydrogen-bond donors (Lipinski definition) is 1. The van der Waals surface area contributed by atoms with Gasteiger partial charge in [-0.1, -0.05) is 41.7 Å². The Morgan fingerprint density at radius 2 is 1.78 bits per heavy atom. The van der Waals surface area contributed by atoms with Crippen molar-refractivity contribution in [2.24, 2.45) is 0 Å². The number of aryl methyl sites for hydroxylation is 1. The van der Waals surface area contributed by atoms with Crippen molar-refractivity contribution in [3.63, 3.8) is 0 Å². The summed E-state index contributed by atoms with van der Waals surface area (Å²) in [6.45, 7) is 5.65. The van der Waals surface area contributed by atoms with Gasteiger partial charge < -0.3 is 14.8 Å². The predicted octanol–water partition coefficient (Wildman–Crippen LogP) is 4.91. The number of benzene rings is 1. The molecule has 0 bridgehead atoms.